The molecule has 1 atom stereocenters. The second kappa shape index (κ2) is 3.64. The Bertz CT molecular complexity index is 405. The molecule has 1 aromatic carbocycles. The first kappa shape index (κ1) is 8.97. The van der Waals surface area contributed by atoms with Crippen molar-refractivity contribution in [2.75, 3.05) is 0 Å². The fourth-order valence-corrected chi connectivity index (χ4v) is 1.50. The number of hydrogen-bond acceptors (Lipinski definition) is 2. The molecule has 1 unspecified atom stereocenters. The van der Waals surface area contributed by atoms with Crippen molar-refractivity contribution in [3.63, 3.8) is 0 Å². The molecule has 0 saturated carbocycles. The first-order chi connectivity index (χ1) is 6.79. The Labute approximate surface area is 83.2 Å². The van der Waals surface area contributed by atoms with Crippen LogP contribution in [0.1, 0.15) is 17.3 Å². The number of nitrogens with two attached hydrogens (primary N) is 1. The second-order valence-corrected chi connectivity index (χ2v) is 3.32. The van der Waals surface area contributed by atoms with Gasteiger partial charge in [0.1, 0.15) is 0 Å². The Balaban J connectivity index is 2.34. The zero-order valence-electron chi connectivity index (χ0n) is 8.09. The second-order valence-electron chi connectivity index (χ2n) is 3.32. The van der Waals surface area contributed by atoms with Gasteiger partial charge in [-0.05, 0) is 5.56 Å². The van der Waals surface area contributed by atoms with Crippen molar-refractivity contribution in [2.24, 2.45) is 12.8 Å². The summed E-state index contributed by atoms with van der Waals surface area (Å²) < 4.78 is 1.94. The first-order valence-corrected chi connectivity index (χ1v) is 4.56. The van der Waals surface area contributed by atoms with E-state index in [1.165, 1.54) is 0 Å². The zero-order valence-corrected chi connectivity index (χ0v) is 8.09. The SMILES string of the molecule is Cn1cncc1C(N)c1ccccc1. The summed E-state index contributed by atoms with van der Waals surface area (Å²) in [5, 5.41) is 0. The third-order valence-electron chi connectivity index (χ3n) is 2.33. The van der Waals surface area contributed by atoms with Crippen LogP contribution < -0.4 is 5.73 Å². The minimum absolute atomic E-state index is 0.0938. The Morgan fingerprint density at radius 1 is 1.29 bits per heavy atom. The van der Waals surface area contributed by atoms with Gasteiger partial charge in [0.15, 0.2) is 0 Å². The highest BCUT2D eigenvalue weighted by Gasteiger charge is 2.10. The van der Waals surface area contributed by atoms with Crippen LogP contribution in [0, 0.1) is 0 Å². The van der Waals surface area contributed by atoms with E-state index in [0.29, 0.717) is 0 Å². The van der Waals surface area contributed by atoms with Crippen molar-refractivity contribution in [1.82, 2.24) is 9.55 Å². The van der Waals surface area contributed by atoms with E-state index in [-0.39, 0.29) is 6.04 Å². The third-order valence-corrected chi connectivity index (χ3v) is 2.33. The average Bonchev–Trinajstić information content (AvgIpc) is 2.65. The lowest BCUT2D eigenvalue weighted by molar-refractivity contribution is 0.746. The van der Waals surface area contributed by atoms with Gasteiger partial charge in [0.2, 0.25) is 0 Å². The van der Waals surface area contributed by atoms with E-state index in [0.717, 1.165) is 11.3 Å². The van der Waals surface area contributed by atoms with Crippen LogP contribution in [0.15, 0.2) is 42.9 Å². The molecule has 0 radical (unpaired) electrons. The topological polar surface area (TPSA) is 43.8 Å². The number of hydrogen-bond donors (Lipinski definition) is 1. The predicted octanol–water partition coefficient (Wildman–Crippen LogP) is 1.47. The molecule has 0 saturated heterocycles. The number of rotatable bonds is 2. The van der Waals surface area contributed by atoms with Gasteiger partial charge < -0.3 is 10.3 Å². The van der Waals surface area contributed by atoms with Gasteiger partial charge in [0, 0.05) is 7.05 Å². The van der Waals surface area contributed by atoms with Crippen LogP contribution in [-0.4, -0.2) is 9.55 Å². The Morgan fingerprint density at radius 3 is 2.57 bits per heavy atom. The van der Waals surface area contributed by atoms with Crippen LogP contribution in [0.5, 0.6) is 0 Å². The number of nitrogens with zero attached hydrogens (tertiary/aromatic N) is 2. The Kier molecular flexibility index (Phi) is 2.33. The van der Waals surface area contributed by atoms with Gasteiger partial charge in [-0.1, -0.05) is 30.3 Å². The highest BCUT2D eigenvalue weighted by Crippen LogP contribution is 2.17. The molecule has 1 heterocycles. The minimum atomic E-state index is -0.0938. The van der Waals surface area contributed by atoms with Crippen molar-refractivity contribution in [3.05, 3.63) is 54.1 Å². The van der Waals surface area contributed by atoms with Crippen molar-refractivity contribution in [1.29, 1.82) is 0 Å². The van der Waals surface area contributed by atoms with Gasteiger partial charge in [-0.2, -0.15) is 0 Å². The van der Waals surface area contributed by atoms with Crippen LogP contribution in [0.25, 0.3) is 0 Å². The van der Waals surface area contributed by atoms with Gasteiger partial charge in [-0.15, -0.1) is 0 Å². The molecule has 2 aromatic rings. The van der Waals surface area contributed by atoms with E-state index in [4.69, 9.17) is 5.73 Å². The standard InChI is InChI=1S/C11H13N3/c1-14-8-13-7-10(14)11(12)9-5-3-2-4-6-9/h2-8,11H,12H2,1H3. The monoisotopic (exact) mass is 187 g/mol. The van der Waals surface area contributed by atoms with E-state index in [9.17, 15) is 0 Å². The molecule has 2 N–H and O–H groups in total. The van der Waals surface area contributed by atoms with Gasteiger partial charge in [0.25, 0.3) is 0 Å². The van der Waals surface area contributed by atoms with Gasteiger partial charge in [0.05, 0.1) is 24.3 Å². The summed E-state index contributed by atoms with van der Waals surface area (Å²) in [5.41, 5.74) is 8.23. The minimum Gasteiger partial charge on any atom is -0.336 e. The maximum Gasteiger partial charge on any atom is 0.0946 e. The highest BCUT2D eigenvalue weighted by molar-refractivity contribution is 5.26. The highest BCUT2D eigenvalue weighted by atomic mass is 15.0. The summed E-state index contributed by atoms with van der Waals surface area (Å²) >= 11 is 0. The number of benzene rings is 1. The molecule has 0 fully saturated rings. The van der Waals surface area contributed by atoms with Crippen molar-refractivity contribution in [3.8, 4) is 0 Å². The van der Waals surface area contributed by atoms with Crippen molar-refractivity contribution in [2.45, 2.75) is 6.04 Å². The molecule has 0 aliphatic heterocycles. The molecule has 1 aromatic heterocycles. The lowest BCUT2D eigenvalue weighted by Crippen LogP contribution is -2.14. The van der Waals surface area contributed by atoms with Crippen LogP contribution in [0.3, 0.4) is 0 Å². The lowest BCUT2D eigenvalue weighted by Gasteiger charge is -2.11. The fraction of sp³-hybridized carbons (Fsp3) is 0.182. The maximum atomic E-state index is 6.10. The van der Waals surface area contributed by atoms with E-state index in [1.54, 1.807) is 12.5 Å². The molecule has 0 aliphatic carbocycles. The van der Waals surface area contributed by atoms with Crippen LogP contribution in [-0.2, 0) is 7.05 Å². The molecule has 3 nitrogen and oxygen atoms in total. The molecule has 3 heteroatoms. The Morgan fingerprint density at radius 2 is 2.00 bits per heavy atom. The lowest BCUT2D eigenvalue weighted by atomic mass is 10.1. The molecule has 14 heavy (non-hydrogen) atoms. The molecule has 0 spiro atoms. The van der Waals surface area contributed by atoms with Crippen LogP contribution in [0.4, 0.5) is 0 Å². The molecule has 0 aliphatic rings. The summed E-state index contributed by atoms with van der Waals surface area (Å²) in [6, 6.07) is 9.93. The number of imidazole rings is 1. The fourth-order valence-electron chi connectivity index (χ4n) is 1.50. The molecular weight excluding hydrogens is 174 g/mol. The Hall–Kier alpha value is -1.61. The largest absolute Gasteiger partial charge is 0.336 e. The van der Waals surface area contributed by atoms with E-state index >= 15 is 0 Å². The van der Waals surface area contributed by atoms with Crippen LogP contribution in [0.2, 0.25) is 0 Å². The van der Waals surface area contributed by atoms with E-state index in [1.807, 2.05) is 41.9 Å². The van der Waals surface area contributed by atoms with E-state index < -0.39 is 0 Å². The quantitative estimate of drug-likeness (QED) is 0.773. The number of aryl methyl sites for hydroxylation is 1. The zero-order chi connectivity index (χ0) is 9.97. The molecular formula is C11H13N3. The average molecular weight is 187 g/mol. The molecule has 0 bridgehead atoms. The maximum absolute atomic E-state index is 6.10. The summed E-state index contributed by atoms with van der Waals surface area (Å²) in [6.07, 6.45) is 3.57. The van der Waals surface area contributed by atoms with Crippen molar-refractivity contribution >= 4 is 0 Å². The van der Waals surface area contributed by atoms with Crippen molar-refractivity contribution < 1.29 is 0 Å². The molecule has 72 valence electrons. The van der Waals surface area contributed by atoms with E-state index in [2.05, 4.69) is 4.98 Å². The summed E-state index contributed by atoms with van der Waals surface area (Å²) in [7, 11) is 1.95. The van der Waals surface area contributed by atoms with Gasteiger partial charge >= 0.3 is 0 Å². The summed E-state index contributed by atoms with van der Waals surface area (Å²) in [4.78, 5) is 4.05. The summed E-state index contributed by atoms with van der Waals surface area (Å²) in [5.74, 6) is 0. The van der Waals surface area contributed by atoms with Gasteiger partial charge in [-0.3, -0.25) is 0 Å². The third kappa shape index (κ3) is 1.54. The summed E-state index contributed by atoms with van der Waals surface area (Å²) in [6.45, 7) is 0. The smallest absolute Gasteiger partial charge is 0.0946 e. The normalized spacial score (nSPS) is 12.7. The molecule has 2 rings (SSSR count). The predicted molar refractivity (Wildman–Crippen MR) is 55.7 cm³/mol. The first-order valence-electron chi connectivity index (χ1n) is 4.56. The molecule has 0 amide bonds. The number of aromatic nitrogens is 2. The van der Waals surface area contributed by atoms with Gasteiger partial charge in [-0.25, -0.2) is 4.98 Å². The van der Waals surface area contributed by atoms with Crippen LogP contribution >= 0.6 is 0 Å².